The maximum Gasteiger partial charge on any atom is 0.225 e. The molecule has 16 heavy (non-hydrogen) atoms. The monoisotopic (exact) mass is 236 g/mol. The molecule has 0 aliphatic carbocycles. The zero-order chi connectivity index (χ0) is 12.0. The molecule has 0 saturated carbocycles. The molecule has 0 radical (unpaired) electrons. The van der Waals surface area contributed by atoms with Crippen LogP contribution >= 0.6 is 12.2 Å². The number of aryl methyl sites for hydroxylation is 1. The van der Waals surface area contributed by atoms with Gasteiger partial charge in [0, 0.05) is 12.1 Å². The molecular weight excluding hydrogens is 220 g/mol. The van der Waals surface area contributed by atoms with Crippen LogP contribution in [0.25, 0.3) is 0 Å². The summed E-state index contributed by atoms with van der Waals surface area (Å²) in [5, 5.41) is 5.89. The Morgan fingerprint density at radius 3 is 2.38 bits per heavy atom. The Labute approximate surface area is 101 Å². The van der Waals surface area contributed by atoms with Crippen molar-refractivity contribution in [2.75, 3.05) is 5.32 Å². The summed E-state index contributed by atoms with van der Waals surface area (Å²) in [7, 11) is 0. The Morgan fingerprint density at radius 2 is 1.88 bits per heavy atom. The van der Waals surface area contributed by atoms with Crippen molar-refractivity contribution < 1.29 is 4.79 Å². The summed E-state index contributed by atoms with van der Waals surface area (Å²) >= 11 is 5.00. The van der Waals surface area contributed by atoms with Crippen molar-refractivity contribution in [1.82, 2.24) is 5.32 Å². The standard InChI is InChI=1S/C12H16N2OS/c1-3-9-5-7-10(8-6-9)13-12(16)14-11(15)4-2/h5-8H,3-4H2,1-2H3,(H2,13,14,15,16). The lowest BCUT2D eigenvalue weighted by Gasteiger charge is -2.09. The second-order valence-electron chi connectivity index (χ2n) is 3.41. The fourth-order valence-corrected chi connectivity index (χ4v) is 1.43. The fraction of sp³-hybridized carbons (Fsp3) is 0.333. The van der Waals surface area contributed by atoms with Crippen molar-refractivity contribution >= 4 is 28.9 Å². The van der Waals surface area contributed by atoms with Crippen molar-refractivity contribution in [3.05, 3.63) is 29.8 Å². The van der Waals surface area contributed by atoms with Crippen molar-refractivity contribution in [2.24, 2.45) is 0 Å². The molecule has 86 valence electrons. The third-order valence-corrected chi connectivity index (χ3v) is 2.40. The molecule has 1 rings (SSSR count). The molecule has 3 nitrogen and oxygen atoms in total. The first-order valence-electron chi connectivity index (χ1n) is 5.35. The van der Waals surface area contributed by atoms with Gasteiger partial charge in [0.15, 0.2) is 5.11 Å². The van der Waals surface area contributed by atoms with E-state index in [1.54, 1.807) is 6.92 Å². The van der Waals surface area contributed by atoms with E-state index in [1.807, 2.05) is 24.3 Å². The largest absolute Gasteiger partial charge is 0.332 e. The van der Waals surface area contributed by atoms with Gasteiger partial charge in [0.1, 0.15) is 0 Å². The number of amides is 1. The van der Waals surface area contributed by atoms with Crippen LogP contribution in [0.3, 0.4) is 0 Å². The highest BCUT2D eigenvalue weighted by molar-refractivity contribution is 7.80. The third kappa shape index (κ3) is 3.98. The molecule has 0 aliphatic heterocycles. The zero-order valence-corrected chi connectivity index (χ0v) is 10.4. The van der Waals surface area contributed by atoms with Crippen LogP contribution in [0.1, 0.15) is 25.8 Å². The van der Waals surface area contributed by atoms with E-state index >= 15 is 0 Å². The van der Waals surface area contributed by atoms with E-state index in [0.717, 1.165) is 12.1 Å². The summed E-state index contributed by atoms with van der Waals surface area (Å²) in [6.07, 6.45) is 1.44. The summed E-state index contributed by atoms with van der Waals surface area (Å²) in [5.74, 6) is -0.0809. The molecule has 0 aliphatic rings. The minimum Gasteiger partial charge on any atom is -0.332 e. The van der Waals surface area contributed by atoms with Gasteiger partial charge in [-0.1, -0.05) is 26.0 Å². The van der Waals surface area contributed by atoms with E-state index in [-0.39, 0.29) is 5.91 Å². The number of nitrogens with one attached hydrogen (secondary N) is 2. The normalized spacial score (nSPS) is 9.62. The molecule has 0 aromatic heterocycles. The summed E-state index contributed by atoms with van der Waals surface area (Å²) in [5.41, 5.74) is 2.16. The Kier molecular flexibility index (Phi) is 4.92. The second kappa shape index (κ2) is 6.23. The van der Waals surface area contributed by atoms with Crippen LogP contribution < -0.4 is 10.6 Å². The highest BCUT2D eigenvalue weighted by Gasteiger charge is 2.01. The van der Waals surface area contributed by atoms with Crippen LogP contribution in [0.15, 0.2) is 24.3 Å². The topological polar surface area (TPSA) is 41.1 Å². The van der Waals surface area contributed by atoms with E-state index in [4.69, 9.17) is 12.2 Å². The molecule has 1 amide bonds. The van der Waals surface area contributed by atoms with Gasteiger partial charge in [-0.2, -0.15) is 0 Å². The third-order valence-electron chi connectivity index (χ3n) is 2.19. The smallest absolute Gasteiger partial charge is 0.225 e. The number of hydrogen-bond acceptors (Lipinski definition) is 2. The van der Waals surface area contributed by atoms with Crippen molar-refractivity contribution in [3.63, 3.8) is 0 Å². The fourth-order valence-electron chi connectivity index (χ4n) is 1.20. The number of hydrogen-bond donors (Lipinski definition) is 2. The van der Waals surface area contributed by atoms with Crippen LogP contribution in [-0.4, -0.2) is 11.0 Å². The molecule has 1 aromatic carbocycles. The molecule has 0 saturated heterocycles. The lowest BCUT2D eigenvalue weighted by Crippen LogP contribution is -2.33. The van der Waals surface area contributed by atoms with Gasteiger partial charge < -0.3 is 10.6 Å². The van der Waals surface area contributed by atoms with Gasteiger partial charge in [-0.15, -0.1) is 0 Å². The summed E-state index contributed by atoms with van der Waals surface area (Å²) in [4.78, 5) is 11.1. The maximum atomic E-state index is 11.1. The van der Waals surface area contributed by atoms with Gasteiger partial charge in [-0.25, -0.2) is 0 Å². The Morgan fingerprint density at radius 1 is 1.25 bits per heavy atom. The molecule has 0 fully saturated rings. The first-order valence-corrected chi connectivity index (χ1v) is 5.76. The van der Waals surface area contributed by atoms with E-state index in [0.29, 0.717) is 11.5 Å². The molecule has 0 bridgehead atoms. The molecule has 1 aromatic rings. The predicted molar refractivity (Wildman–Crippen MR) is 70.5 cm³/mol. The van der Waals surface area contributed by atoms with E-state index in [2.05, 4.69) is 17.6 Å². The van der Waals surface area contributed by atoms with Gasteiger partial charge in [-0.3, -0.25) is 4.79 Å². The van der Waals surface area contributed by atoms with Crippen LogP contribution in [0.4, 0.5) is 5.69 Å². The second-order valence-corrected chi connectivity index (χ2v) is 3.81. The first-order chi connectivity index (χ1) is 7.65. The Balaban J connectivity index is 2.52. The van der Waals surface area contributed by atoms with E-state index in [1.165, 1.54) is 5.56 Å². The quantitative estimate of drug-likeness (QED) is 0.792. The summed E-state index contributed by atoms with van der Waals surface area (Å²) in [6.45, 7) is 3.89. The van der Waals surface area contributed by atoms with Crippen molar-refractivity contribution in [2.45, 2.75) is 26.7 Å². The SMILES string of the molecule is CCC(=O)NC(=S)Nc1ccc(CC)cc1. The number of thiocarbonyl (C=S) groups is 1. The summed E-state index contributed by atoms with van der Waals surface area (Å²) in [6, 6.07) is 7.96. The van der Waals surface area contributed by atoms with Crippen LogP contribution in [0, 0.1) is 0 Å². The van der Waals surface area contributed by atoms with E-state index in [9.17, 15) is 4.79 Å². The Hall–Kier alpha value is -1.42. The lowest BCUT2D eigenvalue weighted by molar-refractivity contribution is -0.119. The number of benzene rings is 1. The van der Waals surface area contributed by atoms with Gasteiger partial charge in [0.2, 0.25) is 5.91 Å². The molecule has 2 N–H and O–H groups in total. The summed E-state index contributed by atoms with van der Waals surface area (Å²) < 4.78 is 0. The zero-order valence-electron chi connectivity index (χ0n) is 9.54. The molecule has 0 heterocycles. The van der Waals surface area contributed by atoms with Gasteiger partial charge in [0.25, 0.3) is 0 Å². The lowest BCUT2D eigenvalue weighted by atomic mass is 10.1. The van der Waals surface area contributed by atoms with Crippen LogP contribution in [0.2, 0.25) is 0 Å². The number of rotatable bonds is 3. The number of anilines is 1. The van der Waals surface area contributed by atoms with E-state index < -0.39 is 0 Å². The average Bonchev–Trinajstić information content (AvgIpc) is 2.29. The van der Waals surface area contributed by atoms with Gasteiger partial charge in [0.05, 0.1) is 0 Å². The van der Waals surface area contributed by atoms with Crippen LogP contribution in [-0.2, 0) is 11.2 Å². The van der Waals surface area contributed by atoms with Crippen LogP contribution in [0.5, 0.6) is 0 Å². The predicted octanol–water partition coefficient (Wildman–Crippen LogP) is 2.47. The minimum absolute atomic E-state index is 0.0809. The van der Waals surface area contributed by atoms with Gasteiger partial charge in [-0.05, 0) is 36.3 Å². The molecular formula is C12H16N2OS. The van der Waals surface area contributed by atoms with Crippen molar-refractivity contribution in [1.29, 1.82) is 0 Å². The average molecular weight is 236 g/mol. The highest BCUT2D eigenvalue weighted by atomic mass is 32.1. The van der Waals surface area contributed by atoms with Crippen molar-refractivity contribution in [3.8, 4) is 0 Å². The molecule has 0 atom stereocenters. The highest BCUT2D eigenvalue weighted by Crippen LogP contribution is 2.09. The molecule has 4 heteroatoms. The first kappa shape index (κ1) is 12.6. The minimum atomic E-state index is -0.0809. The number of carbonyl (C=O) groups is 1. The molecule has 0 spiro atoms. The number of carbonyl (C=O) groups excluding carboxylic acids is 1. The molecule has 0 unspecified atom stereocenters. The maximum absolute atomic E-state index is 11.1. The Bertz CT molecular complexity index is 373. The van der Waals surface area contributed by atoms with Gasteiger partial charge >= 0.3 is 0 Å².